The van der Waals surface area contributed by atoms with E-state index in [1.54, 1.807) is 6.20 Å². The number of aliphatic hydroxyl groups is 1. The first-order valence-corrected chi connectivity index (χ1v) is 5.87. The first-order chi connectivity index (χ1) is 8.58. The number of hydrogen-bond acceptors (Lipinski definition) is 4. The van der Waals surface area contributed by atoms with E-state index in [-0.39, 0.29) is 6.61 Å². The van der Waals surface area contributed by atoms with Crippen molar-refractivity contribution < 1.29 is 5.11 Å². The molecule has 1 aromatic carbocycles. The topological polar surface area (TPSA) is 58.0 Å². The van der Waals surface area contributed by atoms with Crippen LogP contribution in [0.4, 0.5) is 11.5 Å². The Labute approximate surface area is 107 Å². The Morgan fingerprint density at radius 2 is 1.78 bits per heavy atom. The van der Waals surface area contributed by atoms with Crippen LogP contribution in [0.2, 0.25) is 0 Å². The molecule has 0 bridgehead atoms. The molecule has 0 aliphatic heterocycles. The highest BCUT2D eigenvalue weighted by Gasteiger charge is 2.05. The van der Waals surface area contributed by atoms with Crippen LogP contribution < -0.4 is 5.32 Å². The highest BCUT2D eigenvalue weighted by atomic mass is 16.3. The quantitative estimate of drug-likeness (QED) is 0.870. The first-order valence-electron chi connectivity index (χ1n) is 5.87. The van der Waals surface area contributed by atoms with Gasteiger partial charge in [0.25, 0.3) is 0 Å². The van der Waals surface area contributed by atoms with E-state index < -0.39 is 0 Å². The summed E-state index contributed by atoms with van der Waals surface area (Å²) in [6, 6.07) is 6.21. The predicted octanol–water partition coefficient (Wildman–Crippen LogP) is 2.64. The Balaban J connectivity index is 2.35. The molecular formula is C14H17N3O. The van der Waals surface area contributed by atoms with Gasteiger partial charge < -0.3 is 10.4 Å². The molecule has 0 radical (unpaired) electrons. The summed E-state index contributed by atoms with van der Waals surface area (Å²) in [7, 11) is 0. The molecule has 1 heterocycles. The summed E-state index contributed by atoms with van der Waals surface area (Å²) >= 11 is 0. The van der Waals surface area contributed by atoms with Gasteiger partial charge in [-0.15, -0.1) is 0 Å². The molecule has 18 heavy (non-hydrogen) atoms. The molecule has 0 spiro atoms. The Kier molecular flexibility index (Phi) is 3.58. The molecule has 2 N–H and O–H groups in total. The summed E-state index contributed by atoms with van der Waals surface area (Å²) in [6.07, 6.45) is 1.65. The van der Waals surface area contributed by atoms with Gasteiger partial charge in [0.1, 0.15) is 11.6 Å². The number of benzene rings is 1. The summed E-state index contributed by atoms with van der Waals surface area (Å²) in [5, 5.41) is 12.5. The smallest absolute Gasteiger partial charge is 0.139 e. The lowest BCUT2D eigenvalue weighted by Crippen LogP contribution is -2.02. The van der Waals surface area contributed by atoms with E-state index in [0.717, 1.165) is 5.69 Å². The molecule has 4 nitrogen and oxygen atoms in total. The van der Waals surface area contributed by atoms with Gasteiger partial charge in [-0.25, -0.2) is 9.97 Å². The minimum absolute atomic E-state index is 0.0760. The summed E-state index contributed by atoms with van der Waals surface area (Å²) in [5.74, 6) is 1.34. The Morgan fingerprint density at radius 3 is 2.39 bits per heavy atom. The molecule has 0 aliphatic carbocycles. The molecule has 4 heteroatoms. The molecule has 0 saturated heterocycles. The van der Waals surface area contributed by atoms with E-state index >= 15 is 0 Å². The number of anilines is 2. The average Bonchev–Trinajstić information content (AvgIpc) is 2.27. The average molecular weight is 243 g/mol. The van der Waals surface area contributed by atoms with Gasteiger partial charge in [-0.05, 0) is 44.0 Å². The number of aliphatic hydroxyl groups excluding tert-OH is 1. The Morgan fingerprint density at radius 1 is 1.11 bits per heavy atom. The minimum Gasteiger partial charge on any atom is -0.391 e. The van der Waals surface area contributed by atoms with Crippen molar-refractivity contribution in [1.29, 1.82) is 0 Å². The van der Waals surface area contributed by atoms with Crippen LogP contribution in [0.1, 0.15) is 22.5 Å². The second-order valence-corrected chi connectivity index (χ2v) is 4.45. The number of aryl methyl sites for hydroxylation is 3. The maximum atomic E-state index is 9.28. The molecular weight excluding hydrogens is 226 g/mol. The van der Waals surface area contributed by atoms with Gasteiger partial charge in [0.2, 0.25) is 0 Å². The fourth-order valence-corrected chi connectivity index (χ4v) is 1.90. The Hall–Kier alpha value is -1.94. The van der Waals surface area contributed by atoms with Crippen molar-refractivity contribution in [3.05, 3.63) is 46.9 Å². The van der Waals surface area contributed by atoms with E-state index in [9.17, 15) is 5.11 Å². The monoisotopic (exact) mass is 243 g/mol. The molecule has 0 unspecified atom stereocenters. The Bertz CT molecular complexity index is 547. The van der Waals surface area contributed by atoms with Crippen LogP contribution in [0.25, 0.3) is 0 Å². The largest absolute Gasteiger partial charge is 0.391 e. The lowest BCUT2D eigenvalue weighted by atomic mass is 10.1. The van der Waals surface area contributed by atoms with Crippen LogP contribution in [-0.4, -0.2) is 15.1 Å². The third kappa shape index (κ3) is 2.84. The van der Waals surface area contributed by atoms with Crippen LogP contribution in [0.5, 0.6) is 0 Å². The van der Waals surface area contributed by atoms with Crippen LogP contribution >= 0.6 is 0 Å². The van der Waals surface area contributed by atoms with Gasteiger partial charge in [-0.1, -0.05) is 6.07 Å². The lowest BCUT2D eigenvalue weighted by Gasteiger charge is -2.11. The van der Waals surface area contributed by atoms with E-state index in [1.165, 1.54) is 11.1 Å². The molecule has 0 atom stereocenters. The van der Waals surface area contributed by atoms with E-state index in [4.69, 9.17) is 0 Å². The molecule has 0 amide bonds. The van der Waals surface area contributed by atoms with Crippen molar-refractivity contribution in [2.24, 2.45) is 0 Å². The van der Waals surface area contributed by atoms with E-state index in [2.05, 4.69) is 35.2 Å². The third-order valence-electron chi connectivity index (χ3n) is 2.64. The molecule has 0 aliphatic rings. The zero-order valence-electron chi connectivity index (χ0n) is 10.9. The molecule has 0 saturated carbocycles. The fourth-order valence-electron chi connectivity index (χ4n) is 1.90. The minimum atomic E-state index is -0.0760. The maximum Gasteiger partial charge on any atom is 0.139 e. The zero-order valence-corrected chi connectivity index (χ0v) is 10.9. The summed E-state index contributed by atoms with van der Waals surface area (Å²) in [4.78, 5) is 8.39. The predicted molar refractivity (Wildman–Crippen MR) is 71.9 cm³/mol. The number of rotatable bonds is 3. The summed E-state index contributed by atoms with van der Waals surface area (Å²) in [5.41, 5.74) is 4.04. The van der Waals surface area contributed by atoms with Crippen LogP contribution in [-0.2, 0) is 6.61 Å². The zero-order chi connectivity index (χ0) is 13.1. The molecule has 2 rings (SSSR count). The van der Waals surface area contributed by atoms with E-state index in [0.29, 0.717) is 17.2 Å². The molecule has 0 fully saturated rings. The van der Waals surface area contributed by atoms with Gasteiger partial charge >= 0.3 is 0 Å². The van der Waals surface area contributed by atoms with Crippen LogP contribution in [0, 0.1) is 20.8 Å². The number of nitrogens with one attached hydrogen (secondary N) is 1. The second-order valence-electron chi connectivity index (χ2n) is 4.45. The molecule has 2 aromatic rings. The SMILES string of the molecule is Cc1cc(C)cc(Nc2nc(C)ncc2CO)c1. The highest BCUT2D eigenvalue weighted by Crippen LogP contribution is 2.20. The normalized spacial score (nSPS) is 10.4. The van der Waals surface area contributed by atoms with Crippen molar-refractivity contribution in [3.63, 3.8) is 0 Å². The first kappa shape index (κ1) is 12.5. The van der Waals surface area contributed by atoms with Gasteiger partial charge in [-0.3, -0.25) is 0 Å². The van der Waals surface area contributed by atoms with Gasteiger partial charge in [-0.2, -0.15) is 0 Å². The van der Waals surface area contributed by atoms with Crippen molar-refractivity contribution in [2.75, 3.05) is 5.32 Å². The molecule has 1 aromatic heterocycles. The second kappa shape index (κ2) is 5.14. The van der Waals surface area contributed by atoms with Crippen molar-refractivity contribution in [3.8, 4) is 0 Å². The van der Waals surface area contributed by atoms with Gasteiger partial charge in [0.05, 0.1) is 6.61 Å². The number of hydrogen-bond donors (Lipinski definition) is 2. The lowest BCUT2D eigenvalue weighted by molar-refractivity contribution is 0.281. The maximum absolute atomic E-state index is 9.28. The molecule has 94 valence electrons. The van der Waals surface area contributed by atoms with Gasteiger partial charge in [0, 0.05) is 17.4 Å². The van der Waals surface area contributed by atoms with E-state index in [1.807, 2.05) is 19.1 Å². The van der Waals surface area contributed by atoms with Crippen molar-refractivity contribution in [2.45, 2.75) is 27.4 Å². The van der Waals surface area contributed by atoms with Gasteiger partial charge in [0.15, 0.2) is 0 Å². The van der Waals surface area contributed by atoms with Crippen molar-refractivity contribution in [1.82, 2.24) is 9.97 Å². The number of nitrogens with zero attached hydrogens (tertiary/aromatic N) is 2. The summed E-state index contributed by atoms with van der Waals surface area (Å²) in [6.45, 7) is 5.86. The fraction of sp³-hybridized carbons (Fsp3) is 0.286. The van der Waals surface area contributed by atoms with Crippen LogP contribution in [0.15, 0.2) is 24.4 Å². The summed E-state index contributed by atoms with van der Waals surface area (Å²) < 4.78 is 0. The van der Waals surface area contributed by atoms with Crippen LogP contribution in [0.3, 0.4) is 0 Å². The third-order valence-corrected chi connectivity index (χ3v) is 2.64. The highest BCUT2D eigenvalue weighted by molar-refractivity contribution is 5.60. The van der Waals surface area contributed by atoms with Crippen molar-refractivity contribution >= 4 is 11.5 Å². The number of aromatic nitrogens is 2. The standard InChI is InChI=1S/C14H17N3O/c1-9-4-10(2)6-13(5-9)17-14-12(8-18)7-15-11(3)16-14/h4-7,18H,8H2,1-3H3,(H,15,16,17).